The van der Waals surface area contributed by atoms with Crippen LogP contribution in [0.3, 0.4) is 0 Å². The van der Waals surface area contributed by atoms with E-state index >= 15 is 0 Å². The fourth-order valence-electron chi connectivity index (χ4n) is 2.12. The molecule has 1 heterocycles. The number of nitrogens with zero attached hydrogens (tertiary/aromatic N) is 3. The molecule has 0 atom stereocenters. The first kappa shape index (κ1) is 14.7. The molecule has 0 saturated carbocycles. The quantitative estimate of drug-likeness (QED) is 0.817. The van der Waals surface area contributed by atoms with Crippen LogP contribution < -0.4 is 0 Å². The number of halogens is 2. The number of hydrogen-bond donors (Lipinski definition) is 0. The minimum Gasteiger partial charge on any atom is -0.296 e. The number of carbonyl (C=O) groups excluding carboxylic acids is 1. The van der Waals surface area contributed by atoms with E-state index in [0.29, 0.717) is 22.6 Å². The molecule has 2 rings (SSSR count). The van der Waals surface area contributed by atoms with Gasteiger partial charge in [0.25, 0.3) is 0 Å². The summed E-state index contributed by atoms with van der Waals surface area (Å²) in [6.07, 6.45) is 0.660. The molecule has 0 radical (unpaired) electrons. The molecule has 20 heavy (non-hydrogen) atoms. The Morgan fingerprint density at radius 1 is 1.40 bits per heavy atom. The van der Waals surface area contributed by atoms with Gasteiger partial charge in [-0.1, -0.05) is 43.7 Å². The van der Waals surface area contributed by atoms with Crippen molar-refractivity contribution in [3.05, 3.63) is 46.0 Å². The number of carbonyl (C=O) groups is 1. The third-order valence-corrected chi connectivity index (χ3v) is 3.31. The highest BCUT2D eigenvalue weighted by Crippen LogP contribution is 2.26. The number of hydrogen-bond acceptors (Lipinski definition) is 3. The molecule has 2 aromatic rings. The molecule has 106 valence electrons. The lowest BCUT2D eigenvalue weighted by Gasteiger charge is -2.20. The third kappa shape index (κ3) is 2.72. The predicted octanol–water partition coefficient (Wildman–Crippen LogP) is 3.23. The zero-order valence-electron chi connectivity index (χ0n) is 11.5. The van der Waals surface area contributed by atoms with Gasteiger partial charge in [0.15, 0.2) is 6.29 Å². The predicted molar refractivity (Wildman–Crippen MR) is 74.6 cm³/mol. The summed E-state index contributed by atoms with van der Waals surface area (Å²) in [7, 11) is 0. The first-order valence-electron chi connectivity index (χ1n) is 6.16. The third-order valence-electron chi connectivity index (χ3n) is 2.95. The van der Waals surface area contributed by atoms with Crippen LogP contribution in [0.15, 0.2) is 18.2 Å². The Bertz CT molecular complexity index is 626. The summed E-state index contributed by atoms with van der Waals surface area (Å²) in [5, 5.41) is 8.10. The van der Waals surface area contributed by atoms with Crippen molar-refractivity contribution in [1.29, 1.82) is 0 Å². The lowest BCUT2D eigenvalue weighted by molar-refractivity contribution is 0.111. The van der Waals surface area contributed by atoms with Gasteiger partial charge in [-0.05, 0) is 12.1 Å². The van der Waals surface area contributed by atoms with Gasteiger partial charge in [0.05, 0.1) is 12.2 Å². The Balaban J connectivity index is 2.50. The van der Waals surface area contributed by atoms with Gasteiger partial charge in [-0.2, -0.15) is 0 Å². The molecular weight excluding hydrogens is 281 g/mol. The first-order chi connectivity index (χ1) is 9.34. The molecule has 0 aliphatic heterocycles. The largest absolute Gasteiger partial charge is 0.296 e. The molecular formula is C14H15ClFN3O. The van der Waals surface area contributed by atoms with Crippen LogP contribution in [-0.2, 0) is 12.0 Å². The lowest BCUT2D eigenvalue weighted by Crippen LogP contribution is -2.21. The van der Waals surface area contributed by atoms with Crippen LogP contribution in [0.4, 0.5) is 4.39 Å². The van der Waals surface area contributed by atoms with Crippen molar-refractivity contribution in [2.45, 2.75) is 32.7 Å². The molecule has 0 saturated heterocycles. The molecule has 0 N–H and O–H groups in total. The van der Waals surface area contributed by atoms with Crippen LogP contribution in [0.2, 0.25) is 5.02 Å². The van der Waals surface area contributed by atoms with Gasteiger partial charge < -0.3 is 0 Å². The maximum absolute atomic E-state index is 13.8. The second-order valence-electron chi connectivity index (χ2n) is 5.55. The van der Waals surface area contributed by atoms with E-state index in [1.165, 1.54) is 10.7 Å². The first-order valence-corrected chi connectivity index (χ1v) is 6.54. The average Bonchev–Trinajstić information content (AvgIpc) is 2.76. The van der Waals surface area contributed by atoms with Gasteiger partial charge >= 0.3 is 0 Å². The molecule has 0 amide bonds. The van der Waals surface area contributed by atoms with Gasteiger partial charge in [0.1, 0.15) is 11.5 Å². The minimum atomic E-state index is -0.402. The Kier molecular flexibility index (Phi) is 3.90. The maximum atomic E-state index is 13.8. The highest BCUT2D eigenvalue weighted by Gasteiger charge is 2.25. The molecule has 0 unspecified atom stereocenters. The smallest absolute Gasteiger partial charge is 0.172 e. The molecule has 4 nitrogen and oxygen atoms in total. The van der Waals surface area contributed by atoms with Gasteiger partial charge in [-0.15, -0.1) is 5.10 Å². The highest BCUT2D eigenvalue weighted by molar-refractivity contribution is 6.31. The van der Waals surface area contributed by atoms with Gasteiger partial charge in [-0.25, -0.2) is 9.07 Å². The van der Waals surface area contributed by atoms with Crippen LogP contribution in [0, 0.1) is 5.82 Å². The maximum Gasteiger partial charge on any atom is 0.172 e. The number of benzene rings is 1. The Hall–Kier alpha value is -1.75. The standard InChI is InChI=1S/C14H15ClFN3O/c1-14(2,3)13-12(8-20)17-18-19(13)7-9-10(15)5-4-6-11(9)16/h4-6,8H,7H2,1-3H3. The molecule has 1 aromatic heterocycles. The van der Waals surface area contributed by atoms with Crippen LogP contribution >= 0.6 is 11.6 Å². The minimum absolute atomic E-state index is 0.138. The summed E-state index contributed by atoms with van der Waals surface area (Å²) in [6.45, 7) is 5.97. The summed E-state index contributed by atoms with van der Waals surface area (Å²) < 4.78 is 15.4. The molecule has 0 aliphatic rings. The topological polar surface area (TPSA) is 47.8 Å². The van der Waals surface area contributed by atoms with Crippen LogP contribution in [0.5, 0.6) is 0 Å². The number of aromatic nitrogens is 3. The number of aldehydes is 1. The fourth-order valence-corrected chi connectivity index (χ4v) is 2.34. The molecule has 0 fully saturated rings. The molecule has 0 aliphatic carbocycles. The van der Waals surface area contributed by atoms with E-state index in [1.54, 1.807) is 12.1 Å². The van der Waals surface area contributed by atoms with Crippen molar-refractivity contribution in [3.63, 3.8) is 0 Å². The van der Waals surface area contributed by atoms with Crippen molar-refractivity contribution in [2.75, 3.05) is 0 Å². The summed E-state index contributed by atoms with van der Waals surface area (Å²) >= 11 is 6.02. The van der Waals surface area contributed by atoms with Crippen molar-refractivity contribution in [1.82, 2.24) is 15.0 Å². The van der Waals surface area contributed by atoms with E-state index in [1.807, 2.05) is 20.8 Å². The monoisotopic (exact) mass is 295 g/mol. The summed E-state index contributed by atoms with van der Waals surface area (Å²) in [6, 6.07) is 4.51. The fraction of sp³-hybridized carbons (Fsp3) is 0.357. The van der Waals surface area contributed by atoms with E-state index in [4.69, 9.17) is 11.6 Å². The number of rotatable bonds is 3. The Morgan fingerprint density at radius 3 is 2.65 bits per heavy atom. The van der Waals surface area contributed by atoms with E-state index < -0.39 is 5.82 Å². The van der Waals surface area contributed by atoms with E-state index in [9.17, 15) is 9.18 Å². The Morgan fingerprint density at radius 2 is 2.10 bits per heavy atom. The van der Waals surface area contributed by atoms with Gasteiger partial charge in [0.2, 0.25) is 0 Å². The lowest BCUT2D eigenvalue weighted by atomic mass is 9.90. The molecule has 0 spiro atoms. The second-order valence-corrected chi connectivity index (χ2v) is 5.96. The SMILES string of the molecule is CC(C)(C)c1c(C=O)nnn1Cc1c(F)cccc1Cl. The van der Waals surface area contributed by atoms with Crippen molar-refractivity contribution < 1.29 is 9.18 Å². The van der Waals surface area contributed by atoms with E-state index in [0.717, 1.165) is 0 Å². The Labute approximate surface area is 121 Å². The highest BCUT2D eigenvalue weighted by atomic mass is 35.5. The zero-order chi connectivity index (χ0) is 14.9. The summed E-state index contributed by atoms with van der Waals surface area (Å²) in [5.74, 6) is -0.402. The van der Waals surface area contributed by atoms with Crippen LogP contribution in [-0.4, -0.2) is 21.3 Å². The summed E-state index contributed by atoms with van der Waals surface area (Å²) in [5.41, 5.74) is 0.927. The average molecular weight is 296 g/mol. The van der Waals surface area contributed by atoms with Crippen LogP contribution in [0.25, 0.3) is 0 Å². The second kappa shape index (κ2) is 5.32. The molecule has 1 aromatic carbocycles. The molecule has 0 bridgehead atoms. The van der Waals surface area contributed by atoms with Gasteiger partial charge in [-0.3, -0.25) is 4.79 Å². The van der Waals surface area contributed by atoms with E-state index in [2.05, 4.69) is 10.3 Å². The van der Waals surface area contributed by atoms with Gasteiger partial charge in [0, 0.05) is 16.0 Å². The molecule has 6 heteroatoms. The van der Waals surface area contributed by atoms with Crippen molar-refractivity contribution in [3.8, 4) is 0 Å². The van der Waals surface area contributed by atoms with Crippen molar-refractivity contribution >= 4 is 17.9 Å². The zero-order valence-corrected chi connectivity index (χ0v) is 12.3. The van der Waals surface area contributed by atoms with E-state index in [-0.39, 0.29) is 17.7 Å². The normalized spacial score (nSPS) is 11.7. The van der Waals surface area contributed by atoms with Crippen molar-refractivity contribution in [2.24, 2.45) is 0 Å². The summed E-state index contributed by atoms with van der Waals surface area (Å²) in [4.78, 5) is 11.1. The van der Waals surface area contributed by atoms with Crippen LogP contribution in [0.1, 0.15) is 42.5 Å².